The first kappa shape index (κ1) is 16.1. The van der Waals surface area contributed by atoms with Gasteiger partial charge in [-0.2, -0.15) is 0 Å². The molecule has 0 saturated carbocycles. The second kappa shape index (κ2) is 6.75. The summed E-state index contributed by atoms with van der Waals surface area (Å²) in [4.78, 5) is 44.9. The molecule has 1 aliphatic heterocycles. The molecule has 3 rings (SSSR count). The zero-order valence-corrected chi connectivity index (χ0v) is 13.3. The molecule has 1 aliphatic rings. The molecule has 2 N–H and O–H groups in total. The number of aliphatic carboxylic acids is 1. The fourth-order valence-electron chi connectivity index (χ4n) is 2.52. The Morgan fingerprint density at radius 1 is 1.29 bits per heavy atom. The normalized spacial score (nSPS) is 16.8. The lowest BCUT2D eigenvalue weighted by molar-refractivity contribution is -0.141. The van der Waals surface area contributed by atoms with Crippen molar-refractivity contribution in [2.24, 2.45) is 0 Å². The number of nitrogens with one attached hydrogen (secondary N) is 1. The van der Waals surface area contributed by atoms with E-state index in [9.17, 15) is 14.4 Å². The first-order valence-electron chi connectivity index (χ1n) is 7.27. The summed E-state index contributed by atoms with van der Waals surface area (Å²) in [6, 6.07) is 2.32. The fourth-order valence-corrected chi connectivity index (χ4v) is 3.20. The molecule has 3 heterocycles. The molecule has 0 aliphatic carbocycles. The van der Waals surface area contributed by atoms with E-state index in [4.69, 9.17) is 5.11 Å². The minimum Gasteiger partial charge on any atom is -0.480 e. The highest BCUT2D eigenvalue weighted by Crippen LogP contribution is 2.23. The van der Waals surface area contributed by atoms with Crippen LogP contribution in [0.1, 0.15) is 33.7 Å². The average molecular weight is 346 g/mol. The second-order valence-corrected chi connectivity index (χ2v) is 6.08. The standard InChI is InChI=1S/C15H14N4O4S/c20-12(9-3-5-16-6-4-9)18-15-17-10(8-24-15)13(21)19-7-1-2-11(19)14(22)23/h3-6,8,11H,1-2,7H2,(H,22,23)(H,17,18,20). The number of aromatic nitrogens is 2. The van der Waals surface area contributed by atoms with E-state index in [1.165, 1.54) is 22.7 Å². The molecule has 0 spiro atoms. The number of carbonyl (C=O) groups is 3. The maximum absolute atomic E-state index is 12.4. The molecule has 124 valence electrons. The van der Waals surface area contributed by atoms with Crippen molar-refractivity contribution in [3.05, 3.63) is 41.2 Å². The number of pyridine rings is 1. The van der Waals surface area contributed by atoms with E-state index in [1.54, 1.807) is 12.1 Å². The van der Waals surface area contributed by atoms with Crippen LogP contribution in [0, 0.1) is 0 Å². The summed E-state index contributed by atoms with van der Waals surface area (Å²) in [7, 11) is 0. The van der Waals surface area contributed by atoms with Crippen LogP contribution in [0.4, 0.5) is 5.13 Å². The van der Waals surface area contributed by atoms with Gasteiger partial charge in [-0.3, -0.25) is 19.9 Å². The largest absolute Gasteiger partial charge is 0.480 e. The van der Waals surface area contributed by atoms with Gasteiger partial charge in [0.1, 0.15) is 11.7 Å². The molecular weight excluding hydrogens is 332 g/mol. The van der Waals surface area contributed by atoms with Gasteiger partial charge in [0, 0.05) is 29.9 Å². The number of carboxylic acid groups (broad SMARTS) is 1. The second-order valence-electron chi connectivity index (χ2n) is 5.22. The SMILES string of the molecule is O=C(Nc1nc(C(=O)N2CCCC2C(=O)O)cs1)c1ccncc1. The van der Waals surface area contributed by atoms with Crippen LogP contribution >= 0.6 is 11.3 Å². The minimum absolute atomic E-state index is 0.137. The van der Waals surface area contributed by atoms with Gasteiger partial charge in [-0.1, -0.05) is 0 Å². The molecule has 2 aromatic rings. The van der Waals surface area contributed by atoms with Gasteiger partial charge in [0.05, 0.1) is 0 Å². The van der Waals surface area contributed by atoms with Crippen molar-refractivity contribution in [1.29, 1.82) is 0 Å². The molecule has 1 atom stereocenters. The number of anilines is 1. The molecule has 24 heavy (non-hydrogen) atoms. The van der Waals surface area contributed by atoms with E-state index in [1.807, 2.05) is 0 Å². The Kier molecular flexibility index (Phi) is 4.52. The van der Waals surface area contributed by atoms with Crippen LogP contribution in [-0.2, 0) is 4.79 Å². The molecular formula is C15H14N4O4S. The smallest absolute Gasteiger partial charge is 0.326 e. The van der Waals surface area contributed by atoms with Crippen molar-refractivity contribution in [3.8, 4) is 0 Å². The van der Waals surface area contributed by atoms with E-state index >= 15 is 0 Å². The van der Waals surface area contributed by atoms with Crippen LogP contribution in [0.5, 0.6) is 0 Å². The molecule has 0 aromatic carbocycles. The zero-order valence-electron chi connectivity index (χ0n) is 12.5. The summed E-state index contributed by atoms with van der Waals surface area (Å²) in [5.41, 5.74) is 0.566. The van der Waals surface area contributed by atoms with Crippen molar-refractivity contribution < 1.29 is 19.5 Å². The van der Waals surface area contributed by atoms with E-state index < -0.39 is 17.9 Å². The number of rotatable bonds is 4. The molecule has 1 unspecified atom stereocenters. The van der Waals surface area contributed by atoms with Gasteiger partial charge in [0.2, 0.25) is 0 Å². The number of thiazole rings is 1. The van der Waals surface area contributed by atoms with Gasteiger partial charge in [0.25, 0.3) is 11.8 Å². The van der Waals surface area contributed by atoms with Crippen molar-refractivity contribution in [3.63, 3.8) is 0 Å². The van der Waals surface area contributed by atoms with Crippen LogP contribution in [-0.4, -0.2) is 50.3 Å². The van der Waals surface area contributed by atoms with Crippen molar-refractivity contribution >= 4 is 34.3 Å². The van der Waals surface area contributed by atoms with Gasteiger partial charge in [-0.25, -0.2) is 9.78 Å². The Hall–Kier alpha value is -2.81. The van der Waals surface area contributed by atoms with Crippen molar-refractivity contribution in [1.82, 2.24) is 14.9 Å². The van der Waals surface area contributed by atoms with Crippen LogP contribution in [0.3, 0.4) is 0 Å². The molecule has 0 bridgehead atoms. The maximum atomic E-state index is 12.4. The number of carbonyl (C=O) groups excluding carboxylic acids is 2. The Morgan fingerprint density at radius 2 is 2.04 bits per heavy atom. The minimum atomic E-state index is -1.01. The van der Waals surface area contributed by atoms with Gasteiger partial charge in [0.15, 0.2) is 5.13 Å². The highest BCUT2D eigenvalue weighted by atomic mass is 32.1. The van der Waals surface area contributed by atoms with E-state index in [0.29, 0.717) is 24.9 Å². The first-order valence-corrected chi connectivity index (χ1v) is 8.15. The van der Waals surface area contributed by atoms with Crippen LogP contribution in [0.2, 0.25) is 0 Å². The number of carboxylic acids is 1. The summed E-state index contributed by atoms with van der Waals surface area (Å²) >= 11 is 1.12. The summed E-state index contributed by atoms with van der Waals surface area (Å²) in [6.45, 7) is 0.395. The highest BCUT2D eigenvalue weighted by molar-refractivity contribution is 7.14. The number of nitrogens with zero attached hydrogens (tertiary/aromatic N) is 3. The monoisotopic (exact) mass is 346 g/mol. The lowest BCUT2D eigenvalue weighted by atomic mass is 10.2. The highest BCUT2D eigenvalue weighted by Gasteiger charge is 2.35. The molecule has 1 fully saturated rings. The molecule has 2 aromatic heterocycles. The fraction of sp³-hybridized carbons (Fsp3) is 0.267. The summed E-state index contributed by atoms with van der Waals surface area (Å²) in [5, 5.41) is 13.6. The third kappa shape index (κ3) is 3.25. The van der Waals surface area contributed by atoms with Gasteiger partial charge >= 0.3 is 5.97 Å². The van der Waals surface area contributed by atoms with Gasteiger partial charge < -0.3 is 10.0 Å². The molecule has 8 nitrogen and oxygen atoms in total. The van der Waals surface area contributed by atoms with E-state index in [0.717, 1.165) is 11.3 Å². The summed E-state index contributed by atoms with van der Waals surface area (Å²) in [6.07, 6.45) is 4.10. The average Bonchev–Trinajstić information content (AvgIpc) is 3.24. The van der Waals surface area contributed by atoms with E-state index in [2.05, 4.69) is 15.3 Å². The molecule has 2 amide bonds. The maximum Gasteiger partial charge on any atom is 0.326 e. The predicted molar refractivity (Wildman–Crippen MR) is 86.0 cm³/mol. The topological polar surface area (TPSA) is 112 Å². The molecule has 1 saturated heterocycles. The number of hydrogen-bond acceptors (Lipinski definition) is 6. The van der Waals surface area contributed by atoms with Crippen molar-refractivity contribution in [2.45, 2.75) is 18.9 Å². The summed E-state index contributed by atoms with van der Waals surface area (Å²) in [5.74, 6) is -1.79. The number of amides is 2. The third-order valence-corrected chi connectivity index (χ3v) is 4.44. The third-order valence-electron chi connectivity index (χ3n) is 3.68. The predicted octanol–water partition coefficient (Wildman–Crippen LogP) is 1.48. The Balaban J connectivity index is 1.70. The lowest BCUT2D eigenvalue weighted by Crippen LogP contribution is -2.40. The number of likely N-dealkylation sites (tertiary alicyclic amines) is 1. The van der Waals surface area contributed by atoms with Crippen molar-refractivity contribution in [2.75, 3.05) is 11.9 Å². The van der Waals surface area contributed by atoms with E-state index in [-0.39, 0.29) is 16.7 Å². The Bertz CT molecular complexity index is 777. The summed E-state index contributed by atoms with van der Waals surface area (Å²) < 4.78 is 0. The Labute approximate surface area is 141 Å². The van der Waals surface area contributed by atoms with Gasteiger partial charge in [-0.05, 0) is 25.0 Å². The zero-order chi connectivity index (χ0) is 17.1. The molecule has 0 radical (unpaired) electrons. The lowest BCUT2D eigenvalue weighted by Gasteiger charge is -2.20. The number of hydrogen-bond donors (Lipinski definition) is 2. The quantitative estimate of drug-likeness (QED) is 0.867. The van der Waals surface area contributed by atoms with Crippen LogP contribution in [0.25, 0.3) is 0 Å². The first-order chi connectivity index (χ1) is 11.6. The van der Waals surface area contributed by atoms with Gasteiger partial charge in [-0.15, -0.1) is 11.3 Å². The van der Waals surface area contributed by atoms with Crippen LogP contribution < -0.4 is 5.32 Å². The Morgan fingerprint density at radius 3 is 2.75 bits per heavy atom. The van der Waals surface area contributed by atoms with Crippen LogP contribution in [0.15, 0.2) is 29.9 Å². The molecule has 9 heteroatoms.